The fourth-order valence-corrected chi connectivity index (χ4v) is 3.78. The van der Waals surface area contributed by atoms with E-state index in [1.165, 1.54) is 12.1 Å². The minimum atomic E-state index is -0.387. The molecule has 4 rings (SSSR count). The number of hydrogen-bond acceptors (Lipinski definition) is 4. The zero-order chi connectivity index (χ0) is 20.5. The van der Waals surface area contributed by atoms with Crippen LogP contribution in [0, 0.1) is 5.82 Å². The van der Waals surface area contributed by atoms with Gasteiger partial charge in [-0.3, -0.25) is 9.59 Å². The summed E-state index contributed by atoms with van der Waals surface area (Å²) >= 11 is 0. The molecule has 3 aromatic rings. The van der Waals surface area contributed by atoms with Crippen LogP contribution in [0.2, 0.25) is 0 Å². The predicted molar refractivity (Wildman–Crippen MR) is 107 cm³/mol. The summed E-state index contributed by atoms with van der Waals surface area (Å²) in [5.41, 5.74) is 2.11. The van der Waals surface area contributed by atoms with Gasteiger partial charge in [-0.25, -0.2) is 9.37 Å². The van der Waals surface area contributed by atoms with Crippen molar-refractivity contribution in [2.75, 3.05) is 11.4 Å². The first-order chi connectivity index (χ1) is 13.9. The van der Waals surface area contributed by atoms with E-state index in [9.17, 15) is 14.0 Å². The zero-order valence-electron chi connectivity index (χ0n) is 16.3. The molecule has 1 saturated heterocycles. The topological polar surface area (TPSA) is 64.4 Å². The molecule has 1 fully saturated rings. The number of esters is 1. The lowest BCUT2D eigenvalue weighted by Crippen LogP contribution is -2.25. The number of imidazole rings is 1. The van der Waals surface area contributed by atoms with Gasteiger partial charge in [-0.2, -0.15) is 0 Å². The number of nitrogens with zero attached hydrogens (tertiary/aromatic N) is 3. The molecule has 0 aliphatic carbocycles. The van der Waals surface area contributed by atoms with Gasteiger partial charge in [-0.1, -0.05) is 18.2 Å². The molecule has 1 aliphatic heterocycles. The third kappa shape index (κ3) is 3.85. The Bertz CT molecular complexity index is 1080. The van der Waals surface area contributed by atoms with Crippen LogP contribution in [0.3, 0.4) is 0 Å². The molecule has 1 unspecified atom stereocenters. The summed E-state index contributed by atoms with van der Waals surface area (Å²) in [6.45, 7) is 4.01. The van der Waals surface area contributed by atoms with Gasteiger partial charge >= 0.3 is 5.97 Å². The zero-order valence-corrected chi connectivity index (χ0v) is 16.3. The number of fused-ring (bicyclic) bond motifs is 1. The van der Waals surface area contributed by atoms with E-state index >= 15 is 0 Å². The average molecular weight is 395 g/mol. The fourth-order valence-electron chi connectivity index (χ4n) is 3.78. The van der Waals surface area contributed by atoms with Crippen LogP contribution < -0.4 is 4.90 Å². The molecule has 150 valence electrons. The largest absolute Gasteiger partial charge is 0.462 e. The van der Waals surface area contributed by atoms with E-state index in [0.717, 1.165) is 11.0 Å². The van der Waals surface area contributed by atoms with Crippen LogP contribution in [0.5, 0.6) is 0 Å². The van der Waals surface area contributed by atoms with Gasteiger partial charge in [0.1, 0.15) is 18.2 Å². The number of aromatic nitrogens is 2. The highest BCUT2D eigenvalue weighted by Crippen LogP contribution is 2.33. The molecule has 7 heteroatoms. The Kier molecular flexibility index (Phi) is 5.05. The summed E-state index contributed by atoms with van der Waals surface area (Å²) in [6.07, 6.45) is 0.0382. The highest BCUT2D eigenvalue weighted by Gasteiger charge is 2.35. The normalized spacial score (nSPS) is 16.8. The van der Waals surface area contributed by atoms with E-state index in [1.807, 2.05) is 28.8 Å². The molecule has 0 radical (unpaired) electrons. The third-order valence-electron chi connectivity index (χ3n) is 4.95. The van der Waals surface area contributed by atoms with Gasteiger partial charge in [0.15, 0.2) is 0 Å². The Balaban J connectivity index is 1.67. The molecule has 1 aromatic heterocycles. The second-order valence-electron chi connectivity index (χ2n) is 7.47. The van der Waals surface area contributed by atoms with E-state index in [0.29, 0.717) is 18.1 Å². The number of rotatable bonds is 5. The highest BCUT2D eigenvalue weighted by atomic mass is 19.1. The van der Waals surface area contributed by atoms with Gasteiger partial charge in [0.05, 0.1) is 17.1 Å². The highest BCUT2D eigenvalue weighted by molar-refractivity contribution is 5.96. The molecule has 2 aromatic carbocycles. The molecule has 2 heterocycles. The number of amides is 1. The number of carbonyl (C=O) groups excluding carboxylic acids is 2. The van der Waals surface area contributed by atoms with Crippen LogP contribution >= 0.6 is 0 Å². The van der Waals surface area contributed by atoms with Crippen molar-refractivity contribution in [3.8, 4) is 0 Å². The smallest absolute Gasteiger partial charge is 0.326 e. The van der Waals surface area contributed by atoms with Crippen molar-refractivity contribution in [2.45, 2.75) is 38.8 Å². The summed E-state index contributed by atoms with van der Waals surface area (Å²) in [5, 5.41) is 0. The molecule has 0 N–H and O–H groups in total. The number of benzene rings is 2. The second kappa shape index (κ2) is 7.66. The minimum Gasteiger partial charge on any atom is -0.462 e. The Morgan fingerprint density at radius 1 is 1.24 bits per heavy atom. The van der Waals surface area contributed by atoms with Crippen LogP contribution in [-0.4, -0.2) is 34.1 Å². The maximum Gasteiger partial charge on any atom is 0.326 e. The average Bonchev–Trinajstić information content (AvgIpc) is 3.22. The molecule has 0 bridgehead atoms. The molecule has 0 saturated carbocycles. The maximum absolute atomic E-state index is 13.6. The Morgan fingerprint density at radius 2 is 2.03 bits per heavy atom. The summed E-state index contributed by atoms with van der Waals surface area (Å²) in [4.78, 5) is 31.3. The van der Waals surface area contributed by atoms with E-state index < -0.39 is 0 Å². The van der Waals surface area contributed by atoms with Crippen LogP contribution in [0.25, 0.3) is 11.0 Å². The van der Waals surface area contributed by atoms with Crippen LogP contribution in [0.1, 0.15) is 32.0 Å². The number of hydrogen-bond donors (Lipinski definition) is 0. The Labute approximate surface area is 167 Å². The molecule has 1 atom stereocenters. The maximum atomic E-state index is 13.6. The second-order valence-corrected chi connectivity index (χ2v) is 7.47. The van der Waals surface area contributed by atoms with E-state index in [2.05, 4.69) is 0 Å². The van der Waals surface area contributed by atoms with Crippen molar-refractivity contribution in [1.82, 2.24) is 9.55 Å². The monoisotopic (exact) mass is 395 g/mol. The van der Waals surface area contributed by atoms with Crippen molar-refractivity contribution in [2.24, 2.45) is 0 Å². The predicted octanol–water partition coefficient (Wildman–Crippen LogP) is 3.65. The lowest BCUT2D eigenvalue weighted by atomic mass is 10.1. The molecule has 1 amide bonds. The number of para-hydroxylation sites is 2. The lowest BCUT2D eigenvalue weighted by Gasteiger charge is -2.17. The first-order valence-corrected chi connectivity index (χ1v) is 9.63. The molecule has 6 nitrogen and oxygen atoms in total. The SMILES string of the molecule is CC(C)OC(=O)Cn1c(C2CC(=O)N(c3cccc(F)c3)C2)nc2ccccc21. The van der Waals surface area contributed by atoms with Gasteiger partial charge in [0.2, 0.25) is 5.91 Å². The quantitative estimate of drug-likeness (QED) is 0.619. The van der Waals surface area contributed by atoms with Crippen molar-refractivity contribution in [3.05, 3.63) is 60.2 Å². The third-order valence-corrected chi connectivity index (χ3v) is 4.95. The van der Waals surface area contributed by atoms with E-state index in [-0.39, 0.29) is 42.7 Å². The standard InChI is InChI=1S/C22H22FN3O3/c1-14(2)29-21(28)13-26-19-9-4-3-8-18(19)24-22(26)15-10-20(27)25(12-15)17-7-5-6-16(23)11-17/h3-9,11,14-15H,10,12-13H2,1-2H3. The van der Waals surface area contributed by atoms with Gasteiger partial charge in [0.25, 0.3) is 0 Å². The van der Waals surface area contributed by atoms with Crippen molar-refractivity contribution < 1.29 is 18.7 Å². The fraction of sp³-hybridized carbons (Fsp3) is 0.318. The Morgan fingerprint density at radius 3 is 2.79 bits per heavy atom. The Hall–Kier alpha value is -3.22. The van der Waals surface area contributed by atoms with Gasteiger partial charge in [-0.15, -0.1) is 0 Å². The molecular formula is C22H22FN3O3. The number of ether oxygens (including phenoxy) is 1. The van der Waals surface area contributed by atoms with Crippen molar-refractivity contribution >= 4 is 28.6 Å². The number of anilines is 1. The van der Waals surface area contributed by atoms with Gasteiger partial charge in [0, 0.05) is 24.6 Å². The summed E-state index contributed by atoms with van der Waals surface area (Å²) in [7, 11) is 0. The molecule has 29 heavy (non-hydrogen) atoms. The van der Waals surface area contributed by atoms with Crippen LogP contribution in [0.15, 0.2) is 48.5 Å². The van der Waals surface area contributed by atoms with E-state index in [4.69, 9.17) is 9.72 Å². The minimum absolute atomic E-state index is 0.0265. The van der Waals surface area contributed by atoms with Crippen LogP contribution in [0.4, 0.5) is 10.1 Å². The molecule has 1 aliphatic rings. The molecular weight excluding hydrogens is 373 g/mol. The van der Waals surface area contributed by atoms with Crippen molar-refractivity contribution in [3.63, 3.8) is 0 Å². The van der Waals surface area contributed by atoms with Crippen molar-refractivity contribution in [1.29, 1.82) is 0 Å². The summed E-state index contributed by atoms with van der Waals surface area (Å²) < 4.78 is 20.7. The summed E-state index contributed by atoms with van der Waals surface area (Å²) in [6, 6.07) is 13.5. The van der Waals surface area contributed by atoms with Gasteiger partial charge in [-0.05, 0) is 44.2 Å². The van der Waals surface area contributed by atoms with Crippen LogP contribution in [-0.2, 0) is 20.9 Å². The number of halogens is 1. The lowest BCUT2D eigenvalue weighted by molar-refractivity contribution is -0.148. The molecule has 0 spiro atoms. The first-order valence-electron chi connectivity index (χ1n) is 9.63. The van der Waals surface area contributed by atoms with E-state index in [1.54, 1.807) is 30.9 Å². The summed E-state index contributed by atoms with van der Waals surface area (Å²) in [5.74, 6) is -0.369. The first kappa shape index (κ1) is 19.1. The van der Waals surface area contributed by atoms with Gasteiger partial charge < -0.3 is 14.2 Å². The number of carbonyl (C=O) groups is 2.